The van der Waals surface area contributed by atoms with Crippen molar-refractivity contribution in [2.75, 3.05) is 17.2 Å². The maximum Gasteiger partial charge on any atom is 0.293 e. The molecule has 7 heteroatoms. The van der Waals surface area contributed by atoms with Crippen LogP contribution in [0.4, 0.5) is 11.4 Å². The van der Waals surface area contributed by atoms with Gasteiger partial charge < -0.3 is 16.0 Å². The maximum absolute atomic E-state index is 12.5. The number of fused-ring (bicyclic) bond motifs is 2. The highest BCUT2D eigenvalue weighted by molar-refractivity contribution is 7.80. The summed E-state index contributed by atoms with van der Waals surface area (Å²) in [6.45, 7) is 0.378. The first-order chi connectivity index (χ1) is 17.6. The molecule has 0 aliphatic rings. The van der Waals surface area contributed by atoms with Gasteiger partial charge in [-0.2, -0.15) is 0 Å². The van der Waals surface area contributed by atoms with Crippen molar-refractivity contribution < 1.29 is 9.59 Å². The van der Waals surface area contributed by atoms with Crippen molar-refractivity contribution in [1.29, 1.82) is 0 Å². The molecule has 0 spiro atoms. The number of carbonyl (C=O) groups excluding carboxylic acids is 2. The molecule has 0 fully saturated rings. The van der Waals surface area contributed by atoms with Crippen LogP contribution in [-0.4, -0.2) is 23.3 Å². The van der Waals surface area contributed by atoms with Crippen LogP contribution in [0.5, 0.6) is 0 Å². The molecule has 5 rings (SSSR count). The molecule has 0 aliphatic carbocycles. The van der Waals surface area contributed by atoms with Crippen LogP contribution in [0.15, 0.2) is 97.1 Å². The van der Waals surface area contributed by atoms with Gasteiger partial charge in [-0.1, -0.05) is 66.7 Å². The molecule has 0 atom stereocenters. The Morgan fingerprint density at radius 2 is 1.50 bits per heavy atom. The lowest BCUT2D eigenvalue weighted by Gasteiger charge is -2.13. The van der Waals surface area contributed by atoms with Gasteiger partial charge in [0.2, 0.25) is 0 Å². The van der Waals surface area contributed by atoms with Crippen molar-refractivity contribution in [3.63, 3.8) is 0 Å². The lowest BCUT2D eigenvalue weighted by Crippen LogP contribution is -2.32. The minimum Gasteiger partial charge on any atom is -0.349 e. The zero-order valence-electron chi connectivity index (χ0n) is 19.3. The summed E-state index contributed by atoms with van der Waals surface area (Å²) in [5.74, 6) is -1.08. The second kappa shape index (κ2) is 10.7. The molecule has 0 unspecified atom stereocenters. The van der Waals surface area contributed by atoms with Crippen LogP contribution in [0.1, 0.15) is 15.2 Å². The minimum atomic E-state index is -0.579. The van der Waals surface area contributed by atoms with Gasteiger partial charge in [0.05, 0.1) is 4.88 Å². The number of benzene rings is 4. The van der Waals surface area contributed by atoms with Crippen molar-refractivity contribution in [1.82, 2.24) is 5.32 Å². The average Bonchev–Trinajstić information content (AvgIpc) is 3.34. The van der Waals surface area contributed by atoms with Gasteiger partial charge in [-0.05, 0) is 65.3 Å². The number of Topliss-reactive ketones (excluding diaryl/α,β-unsaturated/α-hetero) is 1. The van der Waals surface area contributed by atoms with Gasteiger partial charge >= 0.3 is 0 Å². The minimum absolute atomic E-state index is 0.378. The first-order valence-electron chi connectivity index (χ1n) is 11.5. The number of ketones is 1. The normalized spacial score (nSPS) is 10.8. The largest absolute Gasteiger partial charge is 0.349 e. The molecule has 1 amide bonds. The SMILES string of the molecule is O=C(NCCc1ccc(NC(=S)Nc2cccc3ccccc23)cc1)C(=O)c1cc2ccccc2s1. The highest BCUT2D eigenvalue weighted by atomic mass is 32.1. The Labute approximate surface area is 218 Å². The third kappa shape index (κ3) is 5.43. The standard InChI is InChI=1S/C29H23N3O2S2/c33-27(26-18-21-7-2-4-11-25(21)36-26)28(34)30-17-16-19-12-14-22(15-13-19)31-29(35)32-24-10-5-8-20-6-1-3-9-23(20)24/h1-15,18H,16-17H2,(H,30,34)(H2,31,32,35). The van der Waals surface area contributed by atoms with E-state index >= 15 is 0 Å². The molecule has 0 bridgehead atoms. The number of amides is 1. The third-order valence-corrected chi connectivity index (χ3v) is 7.12. The summed E-state index contributed by atoms with van der Waals surface area (Å²) in [6.07, 6.45) is 0.615. The molecule has 1 heterocycles. The summed E-state index contributed by atoms with van der Waals surface area (Å²) in [4.78, 5) is 25.3. The van der Waals surface area contributed by atoms with Crippen LogP contribution in [0.2, 0.25) is 0 Å². The summed E-state index contributed by atoms with van der Waals surface area (Å²) >= 11 is 6.84. The third-order valence-electron chi connectivity index (χ3n) is 5.80. The Hall–Kier alpha value is -4.07. The van der Waals surface area contributed by atoms with E-state index in [-0.39, 0.29) is 0 Å². The molecule has 0 radical (unpaired) electrons. The number of thiophene rings is 1. The van der Waals surface area contributed by atoms with Crippen molar-refractivity contribution in [3.8, 4) is 0 Å². The monoisotopic (exact) mass is 509 g/mol. The van der Waals surface area contributed by atoms with E-state index in [0.29, 0.717) is 23.0 Å². The van der Waals surface area contributed by atoms with Gasteiger partial charge in [0.15, 0.2) is 5.11 Å². The number of rotatable bonds is 7. The van der Waals surface area contributed by atoms with Crippen molar-refractivity contribution in [3.05, 3.63) is 108 Å². The molecule has 0 aliphatic heterocycles. The first-order valence-corrected chi connectivity index (χ1v) is 12.7. The molecule has 5 nitrogen and oxygen atoms in total. The van der Waals surface area contributed by atoms with E-state index in [4.69, 9.17) is 12.2 Å². The smallest absolute Gasteiger partial charge is 0.293 e. The Morgan fingerprint density at radius 1 is 0.778 bits per heavy atom. The van der Waals surface area contributed by atoms with E-state index in [0.717, 1.165) is 37.8 Å². The van der Waals surface area contributed by atoms with Gasteiger partial charge in [0.1, 0.15) is 0 Å². The van der Waals surface area contributed by atoms with Crippen LogP contribution in [-0.2, 0) is 11.2 Å². The topological polar surface area (TPSA) is 70.2 Å². The van der Waals surface area contributed by atoms with Crippen LogP contribution in [0.3, 0.4) is 0 Å². The summed E-state index contributed by atoms with van der Waals surface area (Å²) in [5.41, 5.74) is 2.85. The highest BCUT2D eigenvalue weighted by Crippen LogP contribution is 2.26. The Bertz CT molecular complexity index is 1540. The molecule has 0 saturated carbocycles. The van der Waals surface area contributed by atoms with Gasteiger partial charge in [0, 0.05) is 28.0 Å². The lowest BCUT2D eigenvalue weighted by atomic mass is 10.1. The fraction of sp³-hybridized carbons (Fsp3) is 0.0690. The van der Waals surface area contributed by atoms with E-state index in [9.17, 15) is 9.59 Å². The van der Waals surface area contributed by atoms with Gasteiger partial charge in [-0.25, -0.2) is 0 Å². The number of anilines is 2. The fourth-order valence-corrected chi connectivity index (χ4v) is 5.21. The summed E-state index contributed by atoms with van der Waals surface area (Å²) in [6, 6.07) is 31.5. The van der Waals surface area contributed by atoms with Crippen molar-refractivity contribution in [2.45, 2.75) is 6.42 Å². The van der Waals surface area contributed by atoms with Crippen LogP contribution in [0, 0.1) is 0 Å². The van der Waals surface area contributed by atoms with Crippen molar-refractivity contribution >= 4 is 72.6 Å². The van der Waals surface area contributed by atoms with Gasteiger partial charge in [-0.3, -0.25) is 9.59 Å². The second-order valence-electron chi connectivity index (χ2n) is 8.29. The van der Waals surface area contributed by atoms with Crippen LogP contribution in [0.25, 0.3) is 20.9 Å². The Morgan fingerprint density at radius 3 is 2.31 bits per heavy atom. The average molecular weight is 510 g/mol. The zero-order chi connectivity index (χ0) is 24.9. The number of nitrogens with one attached hydrogen (secondary N) is 3. The Kier molecular flexibility index (Phi) is 7.02. The quantitative estimate of drug-likeness (QED) is 0.134. The van der Waals surface area contributed by atoms with E-state index in [1.54, 1.807) is 6.07 Å². The first kappa shape index (κ1) is 23.7. The maximum atomic E-state index is 12.5. The van der Waals surface area contributed by atoms with Crippen molar-refractivity contribution in [2.24, 2.45) is 0 Å². The summed E-state index contributed by atoms with van der Waals surface area (Å²) in [7, 11) is 0. The van der Waals surface area contributed by atoms with E-state index in [1.165, 1.54) is 11.3 Å². The molecule has 3 N–H and O–H groups in total. The molecule has 4 aromatic carbocycles. The number of hydrogen-bond acceptors (Lipinski definition) is 4. The molecule has 5 aromatic rings. The molecule has 1 aromatic heterocycles. The Balaban J connectivity index is 1.11. The highest BCUT2D eigenvalue weighted by Gasteiger charge is 2.18. The van der Waals surface area contributed by atoms with E-state index < -0.39 is 11.7 Å². The number of hydrogen-bond donors (Lipinski definition) is 3. The lowest BCUT2D eigenvalue weighted by molar-refractivity contribution is -0.116. The molecule has 0 saturated heterocycles. The zero-order valence-corrected chi connectivity index (χ0v) is 20.9. The number of carbonyl (C=O) groups is 2. The summed E-state index contributed by atoms with van der Waals surface area (Å²) in [5, 5.41) is 12.9. The van der Waals surface area contributed by atoms with Crippen LogP contribution >= 0.6 is 23.6 Å². The van der Waals surface area contributed by atoms with E-state index in [2.05, 4.69) is 34.1 Å². The molecule has 178 valence electrons. The summed E-state index contributed by atoms with van der Waals surface area (Å²) < 4.78 is 0.995. The second-order valence-corrected chi connectivity index (χ2v) is 9.78. The fourth-order valence-electron chi connectivity index (χ4n) is 3.98. The van der Waals surface area contributed by atoms with Crippen LogP contribution < -0.4 is 16.0 Å². The molecular formula is C29H23N3O2S2. The van der Waals surface area contributed by atoms with Gasteiger partial charge in [-0.15, -0.1) is 11.3 Å². The predicted octanol–water partition coefficient (Wildman–Crippen LogP) is 6.41. The van der Waals surface area contributed by atoms with E-state index in [1.807, 2.05) is 72.8 Å². The number of thiocarbonyl (C=S) groups is 1. The molecular weight excluding hydrogens is 486 g/mol. The predicted molar refractivity (Wildman–Crippen MR) is 153 cm³/mol. The molecule has 36 heavy (non-hydrogen) atoms. The van der Waals surface area contributed by atoms with Gasteiger partial charge in [0.25, 0.3) is 11.7 Å².